The van der Waals surface area contributed by atoms with E-state index in [9.17, 15) is 13.6 Å². The summed E-state index contributed by atoms with van der Waals surface area (Å²) >= 11 is 0. The average Bonchev–Trinajstić information content (AvgIpc) is 2.72. The van der Waals surface area contributed by atoms with Crippen molar-refractivity contribution in [1.29, 1.82) is 0 Å². The van der Waals surface area contributed by atoms with E-state index in [1.165, 1.54) is 46.6 Å². The van der Waals surface area contributed by atoms with E-state index in [1.54, 1.807) is 19.1 Å². The molecule has 2 aromatic rings. The van der Waals surface area contributed by atoms with Crippen LogP contribution in [0.5, 0.6) is 28.7 Å². The van der Waals surface area contributed by atoms with Gasteiger partial charge in [0.15, 0.2) is 23.0 Å². The summed E-state index contributed by atoms with van der Waals surface area (Å²) in [6, 6.07) is 6.99. The second-order valence-electron chi connectivity index (χ2n) is 5.90. The molecule has 2 aromatic carbocycles. The number of alkyl halides is 2. The van der Waals surface area contributed by atoms with Crippen LogP contribution in [-0.2, 0) is 0 Å². The number of benzene rings is 2. The fraction of sp³-hybridized carbons (Fsp3) is 0.350. The summed E-state index contributed by atoms with van der Waals surface area (Å²) in [6.45, 7) is -1.21. The highest BCUT2D eigenvalue weighted by molar-refractivity contribution is 5.95. The fourth-order valence-corrected chi connectivity index (χ4v) is 2.72. The summed E-state index contributed by atoms with van der Waals surface area (Å²) < 4.78 is 50.2. The standard InChI is InChI=1S/C20H23F2NO6/c1-11(13-9-16(26-3)18(28-5)17(10-13)27-4)23-19(24)12-6-7-14(29-20(21)22)15(8-12)25-2/h6-11,20H,1-5H3,(H,23,24). The molecular formula is C20H23F2NO6. The molecule has 0 saturated carbocycles. The Hall–Kier alpha value is -3.23. The summed E-state index contributed by atoms with van der Waals surface area (Å²) in [4.78, 5) is 12.6. The quantitative estimate of drug-likeness (QED) is 0.676. The van der Waals surface area contributed by atoms with Crippen LogP contribution in [0, 0.1) is 0 Å². The van der Waals surface area contributed by atoms with E-state index in [2.05, 4.69) is 10.1 Å². The van der Waals surface area contributed by atoms with E-state index < -0.39 is 18.6 Å². The molecule has 1 N–H and O–H groups in total. The highest BCUT2D eigenvalue weighted by Gasteiger charge is 2.19. The van der Waals surface area contributed by atoms with Crippen LogP contribution in [-0.4, -0.2) is 41.0 Å². The Morgan fingerprint density at radius 3 is 1.93 bits per heavy atom. The van der Waals surface area contributed by atoms with Gasteiger partial charge in [0.1, 0.15) is 0 Å². The lowest BCUT2D eigenvalue weighted by molar-refractivity contribution is -0.0512. The molecule has 0 bridgehead atoms. The van der Waals surface area contributed by atoms with E-state index >= 15 is 0 Å². The zero-order chi connectivity index (χ0) is 21.6. The number of methoxy groups -OCH3 is 4. The van der Waals surface area contributed by atoms with Crippen molar-refractivity contribution in [3.05, 3.63) is 41.5 Å². The van der Waals surface area contributed by atoms with Crippen LogP contribution in [0.1, 0.15) is 28.9 Å². The number of ether oxygens (including phenoxy) is 5. The van der Waals surface area contributed by atoms with Gasteiger partial charge in [0.2, 0.25) is 5.75 Å². The predicted molar refractivity (Wildman–Crippen MR) is 102 cm³/mol. The van der Waals surface area contributed by atoms with Crippen LogP contribution in [0.4, 0.5) is 8.78 Å². The Labute approximate surface area is 167 Å². The summed E-state index contributed by atoms with van der Waals surface area (Å²) in [7, 11) is 5.80. The molecule has 0 aromatic heterocycles. The zero-order valence-electron chi connectivity index (χ0n) is 16.7. The Morgan fingerprint density at radius 1 is 0.862 bits per heavy atom. The summed E-state index contributed by atoms with van der Waals surface area (Å²) in [5.74, 6) is 0.802. The normalized spacial score (nSPS) is 11.6. The van der Waals surface area contributed by atoms with Gasteiger partial charge in [-0.05, 0) is 42.8 Å². The van der Waals surface area contributed by atoms with Gasteiger partial charge < -0.3 is 29.0 Å². The van der Waals surface area contributed by atoms with Gasteiger partial charge in [0, 0.05) is 5.56 Å². The lowest BCUT2D eigenvalue weighted by Crippen LogP contribution is -2.26. The molecule has 0 fully saturated rings. The van der Waals surface area contributed by atoms with Gasteiger partial charge in [-0.25, -0.2) is 0 Å². The van der Waals surface area contributed by atoms with Crippen molar-refractivity contribution in [2.75, 3.05) is 28.4 Å². The van der Waals surface area contributed by atoms with Gasteiger partial charge in [0.25, 0.3) is 5.91 Å². The molecule has 0 spiro atoms. The van der Waals surface area contributed by atoms with Crippen molar-refractivity contribution >= 4 is 5.91 Å². The van der Waals surface area contributed by atoms with Gasteiger partial charge >= 0.3 is 6.61 Å². The number of halogens is 2. The molecule has 1 atom stereocenters. The van der Waals surface area contributed by atoms with Crippen LogP contribution < -0.4 is 29.0 Å². The zero-order valence-corrected chi connectivity index (χ0v) is 16.7. The molecular weight excluding hydrogens is 388 g/mol. The molecule has 9 heteroatoms. The van der Waals surface area contributed by atoms with Crippen molar-refractivity contribution in [2.24, 2.45) is 0 Å². The summed E-state index contributed by atoms with van der Waals surface area (Å²) in [5, 5.41) is 2.83. The highest BCUT2D eigenvalue weighted by Crippen LogP contribution is 2.39. The third-order valence-electron chi connectivity index (χ3n) is 4.18. The molecule has 29 heavy (non-hydrogen) atoms. The first-order valence-electron chi connectivity index (χ1n) is 8.58. The molecule has 0 aliphatic carbocycles. The molecule has 0 aliphatic heterocycles. The van der Waals surface area contributed by atoms with Crippen molar-refractivity contribution in [1.82, 2.24) is 5.32 Å². The first-order valence-corrected chi connectivity index (χ1v) is 8.58. The number of carbonyl (C=O) groups is 1. The van der Waals surface area contributed by atoms with Crippen LogP contribution >= 0.6 is 0 Å². The fourth-order valence-electron chi connectivity index (χ4n) is 2.72. The van der Waals surface area contributed by atoms with E-state index in [0.717, 1.165) is 5.56 Å². The molecule has 0 heterocycles. The lowest BCUT2D eigenvalue weighted by Gasteiger charge is -2.19. The Morgan fingerprint density at radius 2 is 1.45 bits per heavy atom. The summed E-state index contributed by atoms with van der Waals surface area (Å²) in [5.41, 5.74) is 0.945. The van der Waals surface area contributed by atoms with Crippen LogP contribution in [0.3, 0.4) is 0 Å². The minimum Gasteiger partial charge on any atom is -0.493 e. The van der Waals surface area contributed by atoms with Gasteiger partial charge in [-0.2, -0.15) is 8.78 Å². The molecule has 0 radical (unpaired) electrons. The maximum absolute atomic E-state index is 12.6. The first kappa shape index (κ1) is 22.1. The minimum atomic E-state index is -3.00. The number of amides is 1. The van der Waals surface area contributed by atoms with E-state index in [0.29, 0.717) is 17.2 Å². The molecule has 1 amide bonds. The number of hydrogen-bond donors (Lipinski definition) is 1. The van der Waals surface area contributed by atoms with E-state index in [-0.39, 0.29) is 17.1 Å². The monoisotopic (exact) mass is 411 g/mol. The second kappa shape index (κ2) is 9.81. The molecule has 7 nitrogen and oxygen atoms in total. The molecule has 1 unspecified atom stereocenters. The molecule has 0 aliphatic rings. The number of rotatable bonds is 9. The SMILES string of the molecule is COc1cc(C(=O)NC(C)c2cc(OC)c(OC)c(OC)c2)ccc1OC(F)F. The van der Waals surface area contributed by atoms with Gasteiger partial charge in [-0.15, -0.1) is 0 Å². The maximum Gasteiger partial charge on any atom is 0.387 e. The third-order valence-corrected chi connectivity index (χ3v) is 4.18. The molecule has 158 valence electrons. The van der Waals surface area contributed by atoms with Crippen molar-refractivity contribution in [3.8, 4) is 28.7 Å². The lowest BCUT2D eigenvalue weighted by atomic mass is 10.1. The predicted octanol–water partition coefficient (Wildman–Crippen LogP) is 3.81. The average molecular weight is 411 g/mol. The van der Waals surface area contributed by atoms with Crippen molar-refractivity contribution in [3.63, 3.8) is 0 Å². The van der Waals surface area contributed by atoms with Gasteiger partial charge in [-0.1, -0.05) is 0 Å². The minimum absolute atomic E-state index is 0.0263. The first-order chi connectivity index (χ1) is 13.8. The number of nitrogens with one attached hydrogen (secondary N) is 1. The topological polar surface area (TPSA) is 75.3 Å². The number of hydrogen-bond acceptors (Lipinski definition) is 6. The summed E-state index contributed by atoms with van der Waals surface area (Å²) in [6.07, 6.45) is 0. The second-order valence-corrected chi connectivity index (χ2v) is 5.90. The Kier molecular flexibility index (Phi) is 7.46. The van der Waals surface area contributed by atoms with Crippen LogP contribution in [0.25, 0.3) is 0 Å². The largest absolute Gasteiger partial charge is 0.493 e. The van der Waals surface area contributed by atoms with Crippen LogP contribution in [0.15, 0.2) is 30.3 Å². The molecule has 0 saturated heterocycles. The number of carbonyl (C=O) groups excluding carboxylic acids is 1. The van der Waals surface area contributed by atoms with Gasteiger partial charge in [0.05, 0.1) is 34.5 Å². The van der Waals surface area contributed by atoms with E-state index in [4.69, 9.17) is 18.9 Å². The maximum atomic E-state index is 12.6. The van der Waals surface area contributed by atoms with E-state index in [1.807, 2.05) is 0 Å². The highest BCUT2D eigenvalue weighted by atomic mass is 19.3. The Balaban J connectivity index is 2.24. The smallest absolute Gasteiger partial charge is 0.387 e. The Bertz CT molecular complexity index is 834. The van der Waals surface area contributed by atoms with Crippen molar-refractivity contribution < 1.29 is 37.3 Å². The third kappa shape index (κ3) is 5.18. The van der Waals surface area contributed by atoms with Crippen LogP contribution in [0.2, 0.25) is 0 Å². The molecule has 2 rings (SSSR count). The van der Waals surface area contributed by atoms with Crippen molar-refractivity contribution in [2.45, 2.75) is 19.6 Å². The van der Waals surface area contributed by atoms with Gasteiger partial charge in [-0.3, -0.25) is 4.79 Å².